The van der Waals surface area contributed by atoms with Gasteiger partial charge < -0.3 is 11.1 Å². The monoisotopic (exact) mass is 243 g/mol. The second kappa shape index (κ2) is 5.63. The van der Waals surface area contributed by atoms with Crippen molar-refractivity contribution >= 4 is 11.5 Å². The first-order chi connectivity index (χ1) is 8.79. The molecule has 0 unspecified atom stereocenters. The summed E-state index contributed by atoms with van der Waals surface area (Å²) in [5, 5.41) is 18.4. The zero-order valence-corrected chi connectivity index (χ0v) is 9.72. The Bertz CT molecular complexity index is 541. The maximum absolute atomic E-state index is 8.69. The fourth-order valence-corrected chi connectivity index (χ4v) is 1.50. The molecule has 0 bridgehead atoms. The highest BCUT2D eigenvalue weighted by molar-refractivity contribution is 5.62. The Hall–Kier alpha value is -2.62. The van der Waals surface area contributed by atoms with Gasteiger partial charge in [0.2, 0.25) is 0 Å². The molecule has 0 fully saturated rings. The second-order valence-electron chi connectivity index (χ2n) is 3.74. The van der Waals surface area contributed by atoms with Crippen LogP contribution in [0.4, 0.5) is 11.5 Å². The molecule has 0 aliphatic heterocycles. The normalized spacial score (nSPS) is 9.94. The first-order valence-electron chi connectivity index (χ1n) is 5.53. The van der Waals surface area contributed by atoms with Crippen LogP contribution in [0.25, 0.3) is 0 Å². The van der Waals surface area contributed by atoms with Crippen LogP contribution in [-0.2, 0) is 6.42 Å². The summed E-state index contributed by atoms with van der Waals surface area (Å²) in [5.41, 5.74) is 6.71. The number of hydrogen-bond donors (Lipinski definition) is 3. The standard InChI is InChI=1S/C11H13N7/c12-5-8-4-9(13)11(15-6-8)14-3-1-2-10-16-7-17-18-10/h4,6-7H,1-3,13H2,(H,14,15)(H,16,17,18). The van der Waals surface area contributed by atoms with E-state index in [-0.39, 0.29) is 0 Å². The molecule has 2 rings (SSSR count). The zero-order chi connectivity index (χ0) is 12.8. The highest BCUT2D eigenvalue weighted by Gasteiger charge is 2.02. The Morgan fingerprint density at radius 1 is 1.44 bits per heavy atom. The van der Waals surface area contributed by atoms with Crippen molar-refractivity contribution in [2.75, 3.05) is 17.6 Å². The number of nitriles is 1. The predicted octanol–water partition coefficient (Wildman–Crippen LogP) is 0.698. The van der Waals surface area contributed by atoms with Crippen molar-refractivity contribution in [3.05, 3.63) is 30.0 Å². The first kappa shape index (κ1) is 11.9. The minimum atomic E-state index is 0.458. The van der Waals surface area contributed by atoms with Crippen LogP contribution < -0.4 is 11.1 Å². The molecular formula is C11H13N7. The van der Waals surface area contributed by atoms with E-state index in [1.54, 1.807) is 6.07 Å². The lowest BCUT2D eigenvalue weighted by Crippen LogP contribution is -2.07. The predicted molar refractivity (Wildman–Crippen MR) is 66.6 cm³/mol. The second-order valence-corrected chi connectivity index (χ2v) is 3.74. The Balaban J connectivity index is 1.82. The number of pyridine rings is 1. The van der Waals surface area contributed by atoms with Crippen molar-refractivity contribution in [3.63, 3.8) is 0 Å². The number of aromatic amines is 1. The molecule has 0 saturated heterocycles. The lowest BCUT2D eigenvalue weighted by Gasteiger charge is -2.07. The Kier molecular flexibility index (Phi) is 3.71. The molecule has 18 heavy (non-hydrogen) atoms. The summed E-state index contributed by atoms with van der Waals surface area (Å²) >= 11 is 0. The van der Waals surface area contributed by atoms with Gasteiger partial charge in [-0.1, -0.05) is 0 Å². The SMILES string of the molecule is N#Cc1cnc(NCCCc2ncn[nH]2)c(N)c1. The highest BCUT2D eigenvalue weighted by Crippen LogP contribution is 2.15. The number of nitrogen functional groups attached to an aromatic ring is 1. The third kappa shape index (κ3) is 2.95. The maximum atomic E-state index is 8.69. The average molecular weight is 243 g/mol. The summed E-state index contributed by atoms with van der Waals surface area (Å²) in [5.74, 6) is 1.46. The highest BCUT2D eigenvalue weighted by atomic mass is 15.2. The largest absolute Gasteiger partial charge is 0.396 e. The molecule has 2 aromatic heterocycles. The molecule has 0 saturated carbocycles. The number of H-pyrrole nitrogens is 1. The van der Waals surface area contributed by atoms with E-state index in [1.807, 2.05) is 6.07 Å². The summed E-state index contributed by atoms with van der Waals surface area (Å²) in [7, 11) is 0. The lowest BCUT2D eigenvalue weighted by molar-refractivity contribution is 0.804. The van der Waals surface area contributed by atoms with Crippen LogP contribution in [0.1, 0.15) is 17.8 Å². The maximum Gasteiger partial charge on any atom is 0.149 e. The van der Waals surface area contributed by atoms with E-state index in [1.165, 1.54) is 12.5 Å². The molecule has 7 heteroatoms. The Labute approximate surface area is 104 Å². The number of nitrogens with one attached hydrogen (secondary N) is 2. The van der Waals surface area contributed by atoms with E-state index >= 15 is 0 Å². The van der Waals surface area contributed by atoms with Crippen LogP contribution in [0.15, 0.2) is 18.6 Å². The van der Waals surface area contributed by atoms with Gasteiger partial charge in [-0.05, 0) is 12.5 Å². The number of nitrogens with two attached hydrogens (primary N) is 1. The summed E-state index contributed by atoms with van der Waals surface area (Å²) in [6.45, 7) is 0.726. The number of rotatable bonds is 5. The molecule has 0 aliphatic carbocycles. The van der Waals surface area contributed by atoms with Crippen molar-refractivity contribution in [3.8, 4) is 6.07 Å². The van der Waals surface area contributed by atoms with Crippen molar-refractivity contribution in [1.29, 1.82) is 5.26 Å². The van der Waals surface area contributed by atoms with Crippen LogP contribution in [0.2, 0.25) is 0 Å². The van der Waals surface area contributed by atoms with E-state index in [9.17, 15) is 0 Å². The quantitative estimate of drug-likeness (QED) is 0.665. The molecule has 0 atom stereocenters. The molecule has 0 aromatic carbocycles. The fraction of sp³-hybridized carbons (Fsp3) is 0.273. The van der Waals surface area contributed by atoms with Crippen molar-refractivity contribution in [1.82, 2.24) is 20.2 Å². The summed E-state index contributed by atoms with van der Waals surface area (Å²) in [4.78, 5) is 8.12. The molecule has 0 radical (unpaired) electrons. The van der Waals surface area contributed by atoms with Gasteiger partial charge in [-0.15, -0.1) is 0 Å². The van der Waals surface area contributed by atoms with Gasteiger partial charge in [0, 0.05) is 19.2 Å². The van der Waals surface area contributed by atoms with Crippen molar-refractivity contribution in [2.24, 2.45) is 0 Å². The topological polar surface area (TPSA) is 116 Å². The van der Waals surface area contributed by atoms with Gasteiger partial charge in [-0.2, -0.15) is 10.4 Å². The Morgan fingerprint density at radius 2 is 2.33 bits per heavy atom. The fourth-order valence-electron chi connectivity index (χ4n) is 1.50. The van der Waals surface area contributed by atoms with E-state index < -0.39 is 0 Å². The Morgan fingerprint density at radius 3 is 3.00 bits per heavy atom. The van der Waals surface area contributed by atoms with E-state index in [0.29, 0.717) is 17.1 Å². The van der Waals surface area contributed by atoms with Gasteiger partial charge in [0.15, 0.2) is 0 Å². The number of hydrogen-bond acceptors (Lipinski definition) is 6. The minimum absolute atomic E-state index is 0.458. The van der Waals surface area contributed by atoms with Crippen LogP contribution in [0.5, 0.6) is 0 Å². The number of aryl methyl sites for hydroxylation is 1. The smallest absolute Gasteiger partial charge is 0.149 e. The van der Waals surface area contributed by atoms with Crippen LogP contribution >= 0.6 is 0 Å². The van der Waals surface area contributed by atoms with E-state index in [2.05, 4.69) is 25.5 Å². The molecule has 92 valence electrons. The molecule has 4 N–H and O–H groups in total. The molecule has 0 spiro atoms. The molecule has 2 heterocycles. The third-order valence-electron chi connectivity index (χ3n) is 2.39. The molecule has 0 aliphatic rings. The van der Waals surface area contributed by atoms with E-state index in [0.717, 1.165) is 25.2 Å². The molecule has 7 nitrogen and oxygen atoms in total. The summed E-state index contributed by atoms with van der Waals surface area (Å²) < 4.78 is 0. The van der Waals surface area contributed by atoms with Crippen LogP contribution in [0, 0.1) is 11.3 Å². The molecular weight excluding hydrogens is 230 g/mol. The van der Waals surface area contributed by atoms with Gasteiger partial charge in [0.1, 0.15) is 24.0 Å². The zero-order valence-electron chi connectivity index (χ0n) is 9.72. The van der Waals surface area contributed by atoms with Crippen LogP contribution in [0.3, 0.4) is 0 Å². The van der Waals surface area contributed by atoms with Crippen molar-refractivity contribution < 1.29 is 0 Å². The number of aromatic nitrogens is 4. The first-order valence-corrected chi connectivity index (χ1v) is 5.53. The van der Waals surface area contributed by atoms with Gasteiger partial charge in [0.25, 0.3) is 0 Å². The van der Waals surface area contributed by atoms with Gasteiger partial charge in [0.05, 0.1) is 11.3 Å². The molecule has 0 amide bonds. The minimum Gasteiger partial charge on any atom is -0.396 e. The third-order valence-corrected chi connectivity index (χ3v) is 2.39. The number of nitrogens with zero attached hydrogens (tertiary/aromatic N) is 4. The van der Waals surface area contributed by atoms with Gasteiger partial charge in [-0.3, -0.25) is 5.10 Å². The van der Waals surface area contributed by atoms with Gasteiger partial charge >= 0.3 is 0 Å². The van der Waals surface area contributed by atoms with Gasteiger partial charge in [-0.25, -0.2) is 9.97 Å². The average Bonchev–Trinajstić information content (AvgIpc) is 2.89. The lowest BCUT2D eigenvalue weighted by atomic mass is 10.2. The number of anilines is 2. The van der Waals surface area contributed by atoms with Crippen LogP contribution in [-0.4, -0.2) is 26.7 Å². The summed E-state index contributed by atoms with van der Waals surface area (Å²) in [6.07, 6.45) is 4.68. The molecule has 2 aromatic rings. The summed E-state index contributed by atoms with van der Waals surface area (Å²) in [6, 6.07) is 3.59. The van der Waals surface area contributed by atoms with Crippen molar-refractivity contribution in [2.45, 2.75) is 12.8 Å². The van der Waals surface area contributed by atoms with E-state index in [4.69, 9.17) is 11.0 Å².